The van der Waals surface area contributed by atoms with Crippen molar-refractivity contribution < 1.29 is 9.59 Å². The van der Waals surface area contributed by atoms with Gasteiger partial charge < -0.3 is 0 Å². The largest absolute Gasteiger partial charge is 0.272 e. The Hall–Kier alpha value is -1.20. The average molecular weight is 327 g/mol. The molecule has 0 unspecified atom stereocenters. The van der Waals surface area contributed by atoms with E-state index in [2.05, 4.69) is 10.9 Å². The number of amides is 2. The highest BCUT2D eigenvalue weighted by atomic mass is 35.5. The summed E-state index contributed by atoms with van der Waals surface area (Å²) in [6.07, 6.45) is 6.20. The van der Waals surface area contributed by atoms with Crippen LogP contribution in [0.4, 0.5) is 0 Å². The van der Waals surface area contributed by atoms with Crippen LogP contribution in [0.1, 0.15) is 42.5 Å². The van der Waals surface area contributed by atoms with Crippen LogP contribution in [0.25, 0.3) is 0 Å². The van der Waals surface area contributed by atoms with E-state index in [1.165, 1.54) is 32.1 Å². The molecule has 0 aliphatic heterocycles. The smallest absolute Gasteiger partial charge is 0.269 e. The maximum atomic E-state index is 11.8. The predicted octanol–water partition coefficient (Wildman–Crippen LogP) is 3.17. The minimum Gasteiger partial charge on any atom is -0.272 e. The zero-order valence-electron chi connectivity index (χ0n) is 11.7. The molecular formula is C15H19ClN2O2S. The fourth-order valence-electron chi connectivity index (χ4n) is 2.26. The molecule has 114 valence electrons. The van der Waals surface area contributed by atoms with Crippen LogP contribution in [0.3, 0.4) is 0 Å². The molecule has 1 aliphatic rings. The lowest BCUT2D eigenvalue weighted by atomic mass is 10.0. The van der Waals surface area contributed by atoms with Crippen LogP contribution in [0, 0.1) is 0 Å². The third kappa shape index (κ3) is 5.59. The Balaban J connectivity index is 1.68. The molecule has 6 heteroatoms. The van der Waals surface area contributed by atoms with Crippen molar-refractivity contribution in [2.75, 3.05) is 5.75 Å². The normalized spacial score (nSPS) is 15.5. The third-order valence-electron chi connectivity index (χ3n) is 3.42. The molecule has 1 fully saturated rings. The lowest BCUT2D eigenvalue weighted by Gasteiger charge is -2.20. The number of thioether (sulfide) groups is 1. The number of benzene rings is 1. The van der Waals surface area contributed by atoms with E-state index in [1.54, 1.807) is 36.0 Å². The molecule has 0 aromatic heterocycles. The summed E-state index contributed by atoms with van der Waals surface area (Å²) in [4.78, 5) is 23.5. The number of rotatable bonds is 4. The van der Waals surface area contributed by atoms with Gasteiger partial charge in [0.1, 0.15) is 0 Å². The Morgan fingerprint density at radius 3 is 2.43 bits per heavy atom. The van der Waals surface area contributed by atoms with Crippen LogP contribution in [-0.2, 0) is 4.79 Å². The summed E-state index contributed by atoms with van der Waals surface area (Å²) in [5, 5.41) is 1.15. The summed E-state index contributed by atoms with van der Waals surface area (Å²) in [5.74, 6) is -0.137. The van der Waals surface area contributed by atoms with Gasteiger partial charge in [0, 0.05) is 15.8 Å². The van der Waals surface area contributed by atoms with Gasteiger partial charge >= 0.3 is 0 Å². The van der Waals surface area contributed by atoms with Crippen molar-refractivity contribution in [2.24, 2.45) is 0 Å². The van der Waals surface area contributed by atoms with Crippen LogP contribution >= 0.6 is 23.4 Å². The van der Waals surface area contributed by atoms with Gasteiger partial charge in [-0.3, -0.25) is 20.4 Å². The van der Waals surface area contributed by atoms with Crippen LogP contribution < -0.4 is 10.9 Å². The monoisotopic (exact) mass is 326 g/mol. The number of hydrazine groups is 1. The van der Waals surface area contributed by atoms with Gasteiger partial charge in [0.2, 0.25) is 5.91 Å². The van der Waals surface area contributed by atoms with E-state index in [0.717, 1.165) is 0 Å². The van der Waals surface area contributed by atoms with E-state index in [-0.39, 0.29) is 11.8 Å². The summed E-state index contributed by atoms with van der Waals surface area (Å²) in [6, 6.07) is 6.50. The highest BCUT2D eigenvalue weighted by Crippen LogP contribution is 2.27. The first-order valence-corrected chi connectivity index (χ1v) is 8.54. The summed E-state index contributed by atoms with van der Waals surface area (Å²) in [6.45, 7) is 0. The van der Waals surface area contributed by atoms with Crippen molar-refractivity contribution in [3.05, 3.63) is 34.9 Å². The van der Waals surface area contributed by atoms with Gasteiger partial charge in [-0.15, -0.1) is 11.8 Å². The fraction of sp³-hybridized carbons (Fsp3) is 0.467. The van der Waals surface area contributed by atoms with E-state index in [0.29, 0.717) is 21.6 Å². The van der Waals surface area contributed by atoms with E-state index < -0.39 is 0 Å². The zero-order chi connectivity index (χ0) is 15.1. The third-order valence-corrected chi connectivity index (χ3v) is 5.05. The minimum atomic E-state index is -0.345. The van der Waals surface area contributed by atoms with Crippen molar-refractivity contribution >= 4 is 35.2 Å². The SMILES string of the molecule is O=C(CSC1CCCCC1)NNC(=O)c1ccc(Cl)cc1. The molecule has 2 N–H and O–H groups in total. The Morgan fingerprint density at radius 2 is 1.76 bits per heavy atom. The average Bonchev–Trinajstić information content (AvgIpc) is 2.52. The quantitative estimate of drug-likeness (QED) is 0.836. The topological polar surface area (TPSA) is 58.2 Å². The second kappa shape index (κ2) is 8.29. The fourth-order valence-corrected chi connectivity index (χ4v) is 3.51. The molecule has 4 nitrogen and oxygen atoms in total. The minimum absolute atomic E-state index is 0.173. The molecule has 1 aromatic carbocycles. The zero-order valence-corrected chi connectivity index (χ0v) is 13.3. The highest BCUT2D eigenvalue weighted by molar-refractivity contribution is 8.00. The molecule has 0 saturated heterocycles. The number of carbonyl (C=O) groups excluding carboxylic acids is 2. The number of halogens is 1. The van der Waals surface area contributed by atoms with Crippen molar-refractivity contribution in [1.82, 2.24) is 10.9 Å². The van der Waals surface area contributed by atoms with E-state index >= 15 is 0 Å². The second-order valence-electron chi connectivity index (χ2n) is 5.08. The molecule has 1 aliphatic carbocycles. The summed E-state index contributed by atoms with van der Waals surface area (Å²) in [7, 11) is 0. The standard InChI is InChI=1S/C15H19ClN2O2S/c16-12-8-6-11(7-9-12)15(20)18-17-14(19)10-21-13-4-2-1-3-5-13/h6-9,13H,1-5,10H2,(H,17,19)(H,18,20). The van der Waals surface area contributed by atoms with Gasteiger partial charge in [0.05, 0.1) is 5.75 Å². The Kier molecular flexibility index (Phi) is 6.39. The molecule has 0 heterocycles. The van der Waals surface area contributed by atoms with E-state index in [1.807, 2.05) is 0 Å². The Bertz CT molecular complexity index is 487. The lowest BCUT2D eigenvalue weighted by Crippen LogP contribution is -2.42. The highest BCUT2D eigenvalue weighted by Gasteiger charge is 2.15. The van der Waals surface area contributed by atoms with Gasteiger partial charge in [-0.2, -0.15) is 0 Å². The van der Waals surface area contributed by atoms with Crippen molar-refractivity contribution in [3.8, 4) is 0 Å². The van der Waals surface area contributed by atoms with Crippen molar-refractivity contribution in [2.45, 2.75) is 37.4 Å². The van der Waals surface area contributed by atoms with Crippen LogP contribution in [0.2, 0.25) is 5.02 Å². The van der Waals surface area contributed by atoms with Gasteiger partial charge in [-0.05, 0) is 37.1 Å². The molecule has 2 rings (SSSR count). The van der Waals surface area contributed by atoms with Crippen LogP contribution in [0.15, 0.2) is 24.3 Å². The molecule has 0 spiro atoms. The Labute approximate surface area is 134 Å². The van der Waals surface area contributed by atoms with Gasteiger partial charge in [0.15, 0.2) is 0 Å². The Morgan fingerprint density at radius 1 is 1.10 bits per heavy atom. The second-order valence-corrected chi connectivity index (χ2v) is 6.81. The first-order valence-electron chi connectivity index (χ1n) is 7.11. The summed E-state index contributed by atoms with van der Waals surface area (Å²) >= 11 is 7.43. The van der Waals surface area contributed by atoms with Crippen LogP contribution in [0.5, 0.6) is 0 Å². The van der Waals surface area contributed by atoms with Gasteiger partial charge in [-0.25, -0.2) is 0 Å². The predicted molar refractivity (Wildman–Crippen MR) is 86.4 cm³/mol. The molecule has 0 radical (unpaired) electrons. The molecule has 1 saturated carbocycles. The van der Waals surface area contributed by atoms with E-state index in [4.69, 9.17) is 11.6 Å². The summed E-state index contributed by atoms with van der Waals surface area (Å²) in [5.41, 5.74) is 5.31. The first-order chi connectivity index (χ1) is 10.1. The maximum Gasteiger partial charge on any atom is 0.269 e. The molecule has 21 heavy (non-hydrogen) atoms. The molecule has 0 atom stereocenters. The van der Waals surface area contributed by atoms with Crippen LogP contribution in [-0.4, -0.2) is 22.8 Å². The number of carbonyl (C=O) groups is 2. The van der Waals surface area contributed by atoms with Crippen molar-refractivity contribution in [3.63, 3.8) is 0 Å². The summed E-state index contributed by atoms with van der Waals surface area (Å²) < 4.78 is 0. The molecule has 1 aromatic rings. The molecule has 0 bridgehead atoms. The van der Waals surface area contributed by atoms with Gasteiger partial charge in [-0.1, -0.05) is 30.9 Å². The maximum absolute atomic E-state index is 11.8. The lowest BCUT2D eigenvalue weighted by molar-refractivity contribution is -0.119. The number of nitrogens with one attached hydrogen (secondary N) is 2. The molecule has 2 amide bonds. The first kappa shape index (κ1) is 16.2. The number of hydrogen-bond donors (Lipinski definition) is 2. The van der Waals surface area contributed by atoms with Gasteiger partial charge in [0.25, 0.3) is 5.91 Å². The van der Waals surface area contributed by atoms with Crippen molar-refractivity contribution in [1.29, 1.82) is 0 Å². The molecular weight excluding hydrogens is 308 g/mol. The number of hydrogen-bond acceptors (Lipinski definition) is 3. The van der Waals surface area contributed by atoms with E-state index in [9.17, 15) is 9.59 Å².